The third-order valence-electron chi connectivity index (χ3n) is 5.01. The zero-order chi connectivity index (χ0) is 22.4. The molecular formula is C24H26N2O4S. The Balaban J connectivity index is 1.86. The van der Waals surface area contributed by atoms with Crippen molar-refractivity contribution in [3.05, 3.63) is 95.6 Å². The third kappa shape index (κ3) is 5.31. The van der Waals surface area contributed by atoms with Gasteiger partial charge < -0.3 is 10.1 Å². The molecule has 0 fully saturated rings. The zero-order valence-corrected chi connectivity index (χ0v) is 18.6. The molecule has 0 saturated heterocycles. The van der Waals surface area contributed by atoms with E-state index in [9.17, 15) is 13.2 Å². The first-order valence-electron chi connectivity index (χ1n) is 9.87. The van der Waals surface area contributed by atoms with Gasteiger partial charge in [-0.15, -0.1) is 0 Å². The maximum absolute atomic E-state index is 13.2. The van der Waals surface area contributed by atoms with Crippen LogP contribution in [0.3, 0.4) is 0 Å². The SMILES string of the molecule is COc1ccc(C(=O)NC(C)c2ccccc2)cc1S(=O)(=O)N(C)Cc1ccccc1. The minimum absolute atomic E-state index is 0.0477. The summed E-state index contributed by atoms with van der Waals surface area (Å²) in [6, 6.07) is 23.1. The van der Waals surface area contributed by atoms with Gasteiger partial charge >= 0.3 is 0 Å². The smallest absolute Gasteiger partial charge is 0.251 e. The van der Waals surface area contributed by atoms with E-state index in [4.69, 9.17) is 4.74 Å². The molecule has 0 spiro atoms. The van der Waals surface area contributed by atoms with Crippen molar-refractivity contribution in [2.45, 2.75) is 24.4 Å². The summed E-state index contributed by atoms with van der Waals surface area (Å²) in [7, 11) is -0.977. The van der Waals surface area contributed by atoms with E-state index in [1.807, 2.05) is 67.6 Å². The van der Waals surface area contributed by atoms with Crippen LogP contribution < -0.4 is 10.1 Å². The van der Waals surface area contributed by atoms with Gasteiger partial charge in [0.2, 0.25) is 10.0 Å². The number of sulfonamides is 1. The van der Waals surface area contributed by atoms with Crippen molar-refractivity contribution in [1.82, 2.24) is 9.62 Å². The van der Waals surface area contributed by atoms with Crippen LogP contribution in [0.4, 0.5) is 0 Å². The summed E-state index contributed by atoms with van der Waals surface area (Å²) in [6.45, 7) is 2.08. The van der Waals surface area contributed by atoms with Crippen molar-refractivity contribution in [2.24, 2.45) is 0 Å². The molecule has 1 atom stereocenters. The average Bonchev–Trinajstić information content (AvgIpc) is 2.79. The summed E-state index contributed by atoms with van der Waals surface area (Å²) in [5.41, 5.74) is 2.06. The van der Waals surface area contributed by atoms with Gasteiger partial charge in [0.25, 0.3) is 5.91 Å². The highest BCUT2D eigenvalue weighted by Crippen LogP contribution is 2.28. The third-order valence-corrected chi connectivity index (χ3v) is 6.83. The van der Waals surface area contributed by atoms with E-state index in [-0.39, 0.29) is 34.7 Å². The standard InChI is InChI=1S/C24H26N2O4S/c1-18(20-12-8-5-9-13-20)25-24(27)21-14-15-22(30-3)23(16-21)31(28,29)26(2)17-19-10-6-4-7-11-19/h4-16,18H,17H2,1-3H3,(H,25,27). The van der Waals surface area contributed by atoms with Crippen molar-refractivity contribution < 1.29 is 17.9 Å². The molecule has 3 aromatic rings. The van der Waals surface area contributed by atoms with Gasteiger partial charge in [0.15, 0.2) is 0 Å². The molecule has 3 aromatic carbocycles. The van der Waals surface area contributed by atoms with Gasteiger partial charge in [-0.25, -0.2) is 8.42 Å². The largest absolute Gasteiger partial charge is 0.495 e. The Morgan fingerprint density at radius 3 is 2.23 bits per heavy atom. The van der Waals surface area contributed by atoms with Crippen LogP contribution in [0.2, 0.25) is 0 Å². The Bertz CT molecular complexity index is 1130. The van der Waals surface area contributed by atoms with E-state index in [0.717, 1.165) is 11.1 Å². The zero-order valence-electron chi connectivity index (χ0n) is 17.8. The van der Waals surface area contributed by atoms with Crippen LogP contribution in [0.25, 0.3) is 0 Å². The number of carbonyl (C=O) groups is 1. The number of hydrogen-bond acceptors (Lipinski definition) is 4. The van der Waals surface area contributed by atoms with Crippen molar-refractivity contribution in [2.75, 3.05) is 14.2 Å². The van der Waals surface area contributed by atoms with Gasteiger partial charge in [0, 0.05) is 19.2 Å². The van der Waals surface area contributed by atoms with E-state index in [1.54, 1.807) is 6.07 Å². The number of rotatable bonds is 8. The van der Waals surface area contributed by atoms with Crippen molar-refractivity contribution >= 4 is 15.9 Å². The second-order valence-corrected chi connectivity index (χ2v) is 9.23. The van der Waals surface area contributed by atoms with Gasteiger partial charge in [-0.3, -0.25) is 4.79 Å². The van der Waals surface area contributed by atoms with Crippen LogP contribution in [0, 0.1) is 0 Å². The highest BCUT2D eigenvalue weighted by atomic mass is 32.2. The predicted octanol–water partition coefficient (Wildman–Crippen LogP) is 4.01. The normalized spacial score (nSPS) is 12.4. The van der Waals surface area contributed by atoms with Crippen molar-refractivity contribution in [1.29, 1.82) is 0 Å². The van der Waals surface area contributed by atoms with Crippen LogP contribution in [0.5, 0.6) is 5.75 Å². The summed E-state index contributed by atoms with van der Waals surface area (Å²) in [4.78, 5) is 12.8. The van der Waals surface area contributed by atoms with Crippen LogP contribution in [0.1, 0.15) is 34.5 Å². The molecule has 0 bridgehead atoms. The number of ether oxygens (including phenoxy) is 1. The molecule has 1 N–H and O–H groups in total. The van der Waals surface area contributed by atoms with E-state index >= 15 is 0 Å². The van der Waals surface area contributed by atoms with Crippen molar-refractivity contribution in [3.8, 4) is 5.75 Å². The molecule has 6 nitrogen and oxygen atoms in total. The lowest BCUT2D eigenvalue weighted by molar-refractivity contribution is 0.0939. The number of methoxy groups -OCH3 is 1. The highest BCUT2D eigenvalue weighted by Gasteiger charge is 2.26. The van der Waals surface area contributed by atoms with E-state index in [0.29, 0.717) is 0 Å². The fraction of sp³-hybridized carbons (Fsp3) is 0.208. The number of carbonyl (C=O) groups excluding carboxylic acids is 1. The fourth-order valence-electron chi connectivity index (χ4n) is 3.22. The molecule has 162 valence electrons. The Hall–Kier alpha value is -3.16. The van der Waals surface area contributed by atoms with Gasteiger partial charge in [-0.2, -0.15) is 4.31 Å². The first-order valence-corrected chi connectivity index (χ1v) is 11.3. The fourth-order valence-corrected chi connectivity index (χ4v) is 4.55. The second kappa shape index (κ2) is 9.76. The molecule has 0 aliphatic rings. The minimum Gasteiger partial charge on any atom is -0.495 e. The first-order chi connectivity index (χ1) is 14.8. The Labute approximate surface area is 183 Å². The molecule has 31 heavy (non-hydrogen) atoms. The monoisotopic (exact) mass is 438 g/mol. The average molecular weight is 439 g/mol. The molecule has 0 saturated carbocycles. The van der Waals surface area contributed by atoms with Gasteiger partial charge in [-0.05, 0) is 36.2 Å². The number of nitrogens with zero attached hydrogens (tertiary/aromatic N) is 1. The summed E-state index contributed by atoms with van der Waals surface area (Å²) in [6.07, 6.45) is 0. The Morgan fingerprint density at radius 1 is 1.00 bits per heavy atom. The maximum Gasteiger partial charge on any atom is 0.251 e. The quantitative estimate of drug-likeness (QED) is 0.577. The number of hydrogen-bond donors (Lipinski definition) is 1. The number of benzene rings is 3. The summed E-state index contributed by atoms with van der Waals surface area (Å²) < 4.78 is 33.0. The molecular weight excluding hydrogens is 412 g/mol. The van der Waals surface area contributed by atoms with E-state index in [1.165, 1.54) is 30.6 Å². The Morgan fingerprint density at radius 2 is 1.61 bits per heavy atom. The lowest BCUT2D eigenvalue weighted by atomic mass is 10.1. The summed E-state index contributed by atoms with van der Waals surface area (Å²) in [5, 5.41) is 2.91. The van der Waals surface area contributed by atoms with Crippen LogP contribution in [-0.2, 0) is 16.6 Å². The molecule has 0 radical (unpaired) electrons. The maximum atomic E-state index is 13.2. The highest BCUT2D eigenvalue weighted by molar-refractivity contribution is 7.89. The molecule has 1 amide bonds. The molecule has 7 heteroatoms. The topological polar surface area (TPSA) is 75.7 Å². The van der Waals surface area contributed by atoms with Gasteiger partial charge in [0.05, 0.1) is 13.2 Å². The minimum atomic E-state index is -3.89. The molecule has 0 aliphatic carbocycles. The van der Waals surface area contributed by atoms with Gasteiger partial charge in [-0.1, -0.05) is 60.7 Å². The van der Waals surface area contributed by atoms with Gasteiger partial charge in [0.1, 0.15) is 10.6 Å². The van der Waals surface area contributed by atoms with Crippen molar-refractivity contribution in [3.63, 3.8) is 0 Å². The van der Waals surface area contributed by atoms with Crippen LogP contribution >= 0.6 is 0 Å². The predicted molar refractivity (Wildman–Crippen MR) is 120 cm³/mol. The second-order valence-electron chi connectivity index (χ2n) is 7.22. The molecule has 0 aromatic heterocycles. The number of amides is 1. The van der Waals surface area contributed by atoms with E-state index < -0.39 is 10.0 Å². The summed E-state index contributed by atoms with van der Waals surface area (Å²) >= 11 is 0. The lowest BCUT2D eigenvalue weighted by Gasteiger charge is -2.20. The van der Waals surface area contributed by atoms with E-state index in [2.05, 4.69) is 5.32 Å². The molecule has 0 heterocycles. The molecule has 0 aliphatic heterocycles. The lowest BCUT2D eigenvalue weighted by Crippen LogP contribution is -2.29. The summed E-state index contributed by atoms with van der Waals surface area (Å²) in [5.74, 6) is -0.172. The Kier molecular flexibility index (Phi) is 7.09. The molecule has 1 unspecified atom stereocenters. The first kappa shape index (κ1) is 22.5. The van der Waals surface area contributed by atoms with Crippen LogP contribution in [-0.4, -0.2) is 32.8 Å². The van der Waals surface area contributed by atoms with Crippen LogP contribution in [0.15, 0.2) is 83.8 Å². The molecule has 3 rings (SSSR count). The number of nitrogens with one attached hydrogen (secondary N) is 1.